The third kappa shape index (κ3) is 5.37. The Bertz CT molecular complexity index is 602. The Morgan fingerprint density at radius 2 is 1.60 bits per heavy atom. The SMILES string of the molecule is CC1=CCC(C)(S(=O)(=O)N2CCNCCN(C)CCN(C)CC2)C=C1. The molecule has 1 aliphatic carbocycles. The van der Waals surface area contributed by atoms with Crippen LogP contribution in [0.2, 0.25) is 0 Å². The fourth-order valence-corrected chi connectivity index (χ4v) is 4.87. The Hall–Kier alpha value is -0.730. The molecule has 144 valence electrons. The Morgan fingerprint density at radius 1 is 1.00 bits per heavy atom. The van der Waals surface area contributed by atoms with Gasteiger partial charge in [-0.3, -0.25) is 0 Å². The Morgan fingerprint density at radius 3 is 2.24 bits per heavy atom. The highest BCUT2D eigenvalue weighted by molar-refractivity contribution is 7.90. The summed E-state index contributed by atoms with van der Waals surface area (Å²) in [6.07, 6.45) is 6.36. The minimum atomic E-state index is -3.41. The Labute approximate surface area is 153 Å². The van der Waals surface area contributed by atoms with Gasteiger partial charge in [0.25, 0.3) is 0 Å². The molecule has 2 aliphatic rings. The zero-order chi connectivity index (χ0) is 18.5. The van der Waals surface area contributed by atoms with Crippen molar-refractivity contribution in [2.75, 3.05) is 66.5 Å². The van der Waals surface area contributed by atoms with Crippen molar-refractivity contribution in [3.8, 4) is 0 Å². The second kappa shape index (κ2) is 8.77. The van der Waals surface area contributed by atoms with Gasteiger partial charge in [0.2, 0.25) is 10.0 Å². The van der Waals surface area contributed by atoms with Gasteiger partial charge in [0.05, 0.1) is 0 Å². The van der Waals surface area contributed by atoms with Gasteiger partial charge in [0, 0.05) is 52.4 Å². The van der Waals surface area contributed by atoms with Crippen molar-refractivity contribution < 1.29 is 8.42 Å². The normalized spacial score (nSPS) is 29.7. The first-order chi connectivity index (χ1) is 11.7. The van der Waals surface area contributed by atoms with Crippen LogP contribution in [0.25, 0.3) is 0 Å². The zero-order valence-corrected chi connectivity index (χ0v) is 17.0. The fraction of sp³-hybridized carbons (Fsp3) is 0.778. The smallest absolute Gasteiger partial charge is 0.223 e. The van der Waals surface area contributed by atoms with Gasteiger partial charge in [-0.05, 0) is 34.4 Å². The molecule has 1 heterocycles. The van der Waals surface area contributed by atoms with E-state index in [2.05, 4.69) is 29.2 Å². The van der Waals surface area contributed by atoms with Crippen LogP contribution in [0.15, 0.2) is 23.8 Å². The predicted molar refractivity (Wildman–Crippen MR) is 104 cm³/mol. The molecule has 1 N–H and O–H groups in total. The van der Waals surface area contributed by atoms with Crippen LogP contribution in [-0.4, -0.2) is 93.7 Å². The standard InChI is InChI=1S/C18H34N4O2S/c1-17-5-7-18(2,8-6-17)25(23,24)22-12-10-19-9-11-20(3)13-14-21(4)15-16-22/h5-7,19H,8-16H2,1-4H3. The van der Waals surface area contributed by atoms with E-state index in [1.165, 1.54) is 0 Å². The van der Waals surface area contributed by atoms with E-state index in [1.807, 2.05) is 32.1 Å². The molecule has 0 radical (unpaired) electrons. The maximum Gasteiger partial charge on any atom is 0.223 e. The second-order valence-electron chi connectivity index (χ2n) is 7.56. The van der Waals surface area contributed by atoms with E-state index in [0.717, 1.165) is 38.3 Å². The van der Waals surface area contributed by atoms with Gasteiger partial charge in [-0.1, -0.05) is 23.8 Å². The lowest BCUT2D eigenvalue weighted by Crippen LogP contribution is -2.50. The highest BCUT2D eigenvalue weighted by atomic mass is 32.2. The monoisotopic (exact) mass is 370 g/mol. The first-order valence-electron chi connectivity index (χ1n) is 9.18. The van der Waals surface area contributed by atoms with Gasteiger partial charge >= 0.3 is 0 Å². The average molecular weight is 371 g/mol. The molecule has 0 aromatic carbocycles. The predicted octanol–water partition coefficient (Wildman–Crippen LogP) is 0.750. The van der Waals surface area contributed by atoms with Crippen LogP contribution in [0.1, 0.15) is 20.3 Å². The molecule has 7 heteroatoms. The van der Waals surface area contributed by atoms with Gasteiger partial charge in [-0.2, -0.15) is 4.31 Å². The molecule has 25 heavy (non-hydrogen) atoms. The number of rotatable bonds is 2. The number of sulfonamides is 1. The summed E-state index contributed by atoms with van der Waals surface area (Å²) in [5.74, 6) is 0. The molecule has 1 saturated heterocycles. The molecule has 0 aromatic rings. The maximum absolute atomic E-state index is 13.3. The molecule has 1 atom stereocenters. The minimum absolute atomic E-state index is 0.520. The van der Waals surface area contributed by atoms with Crippen LogP contribution in [0.3, 0.4) is 0 Å². The topological polar surface area (TPSA) is 55.9 Å². The Kier molecular flexibility index (Phi) is 7.22. The van der Waals surface area contributed by atoms with Crippen molar-refractivity contribution in [3.05, 3.63) is 23.8 Å². The zero-order valence-electron chi connectivity index (χ0n) is 16.2. The largest absolute Gasteiger partial charge is 0.314 e. The summed E-state index contributed by atoms with van der Waals surface area (Å²) < 4.78 is 27.5. The summed E-state index contributed by atoms with van der Waals surface area (Å²) in [6.45, 7) is 10.1. The van der Waals surface area contributed by atoms with Crippen LogP contribution in [0.4, 0.5) is 0 Å². The van der Waals surface area contributed by atoms with E-state index in [4.69, 9.17) is 0 Å². The molecule has 1 unspecified atom stereocenters. The molecule has 1 aliphatic heterocycles. The van der Waals surface area contributed by atoms with Crippen molar-refractivity contribution >= 4 is 10.0 Å². The Balaban J connectivity index is 2.12. The highest BCUT2D eigenvalue weighted by Crippen LogP contribution is 2.31. The summed E-state index contributed by atoms with van der Waals surface area (Å²) in [5.41, 5.74) is 1.13. The van der Waals surface area contributed by atoms with Crippen LogP contribution >= 0.6 is 0 Å². The molecular formula is C18H34N4O2S. The molecule has 0 amide bonds. The first-order valence-corrected chi connectivity index (χ1v) is 10.6. The lowest BCUT2D eigenvalue weighted by atomic mass is 9.98. The van der Waals surface area contributed by atoms with E-state index < -0.39 is 14.8 Å². The summed E-state index contributed by atoms with van der Waals surface area (Å²) in [5, 5.41) is 3.38. The minimum Gasteiger partial charge on any atom is -0.314 e. The molecule has 0 aromatic heterocycles. The first kappa shape index (κ1) is 20.6. The van der Waals surface area contributed by atoms with Crippen molar-refractivity contribution in [2.45, 2.75) is 25.0 Å². The number of likely N-dealkylation sites (N-methyl/N-ethyl adjacent to an activating group) is 2. The summed E-state index contributed by atoms with van der Waals surface area (Å²) >= 11 is 0. The van der Waals surface area contributed by atoms with Gasteiger partial charge in [-0.25, -0.2) is 8.42 Å². The highest BCUT2D eigenvalue weighted by Gasteiger charge is 2.41. The van der Waals surface area contributed by atoms with Crippen molar-refractivity contribution in [1.82, 2.24) is 19.4 Å². The number of hydrogen-bond donors (Lipinski definition) is 1. The molecule has 0 bridgehead atoms. The third-order valence-corrected chi connectivity index (χ3v) is 7.79. The average Bonchev–Trinajstić information content (AvgIpc) is 2.56. The van der Waals surface area contributed by atoms with E-state index in [9.17, 15) is 8.42 Å². The van der Waals surface area contributed by atoms with Gasteiger partial charge < -0.3 is 15.1 Å². The van der Waals surface area contributed by atoms with Crippen LogP contribution < -0.4 is 5.32 Å². The number of allylic oxidation sites excluding steroid dienone is 3. The fourth-order valence-electron chi connectivity index (χ4n) is 3.09. The van der Waals surface area contributed by atoms with Crippen LogP contribution in [0, 0.1) is 0 Å². The summed E-state index contributed by atoms with van der Waals surface area (Å²) in [7, 11) is 0.789. The van der Waals surface area contributed by atoms with Gasteiger partial charge in [0.1, 0.15) is 4.75 Å². The lowest BCUT2D eigenvalue weighted by Gasteiger charge is -2.35. The second-order valence-corrected chi connectivity index (χ2v) is 9.96. The van der Waals surface area contributed by atoms with Crippen molar-refractivity contribution in [3.63, 3.8) is 0 Å². The number of nitrogens with zero attached hydrogens (tertiary/aromatic N) is 3. The number of hydrogen-bond acceptors (Lipinski definition) is 5. The third-order valence-electron chi connectivity index (χ3n) is 5.26. The van der Waals surface area contributed by atoms with E-state index in [1.54, 1.807) is 4.31 Å². The van der Waals surface area contributed by atoms with E-state index in [0.29, 0.717) is 26.1 Å². The molecular weight excluding hydrogens is 336 g/mol. The molecule has 6 nitrogen and oxygen atoms in total. The van der Waals surface area contributed by atoms with Crippen molar-refractivity contribution in [1.29, 1.82) is 0 Å². The van der Waals surface area contributed by atoms with Gasteiger partial charge in [0.15, 0.2) is 0 Å². The molecule has 2 rings (SSSR count). The van der Waals surface area contributed by atoms with E-state index in [-0.39, 0.29) is 0 Å². The van der Waals surface area contributed by atoms with Crippen LogP contribution in [0.5, 0.6) is 0 Å². The molecule has 1 fully saturated rings. The number of nitrogens with one attached hydrogen (secondary N) is 1. The van der Waals surface area contributed by atoms with Gasteiger partial charge in [-0.15, -0.1) is 0 Å². The summed E-state index contributed by atoms with van der Waals surface area (Å²) in [4.78, 5) is 4.53. The quantitative estimate of drug-likeness (QED) is 0.777. The molecule has 0 saturated carbocycles. The summed E-state index contributed by atoms with van der Waals surface area (Å²) in [6, 6.07) is 0. The van der Waals surface area contributed by atoms with Crippen molar-refractivity contribution in [2.24, 2.45) is 0 Å². The lowest BCUT2D eigenvalue weighted by molar-refractivity contribution is 0.234. The maximum atomic E-state index is 13.3. The van der Waals surface area contributed by atoms with E-state index >= 15 is 0 Å². The van der Waals surface area contributed by atoms with Crippen LogP contribution in [-0.2, 0) is 10.0 Å². The molecule has 0 spiro atoms.